The molecule has 0 aliphatic heterocycles. The number of ketones is 1. The number of aromatic hydroxyl groups is 2. The van der Waals surface area contributed by atoms with Gasteiger partial charge in [-0.15, -0.1) is 0 Å². The van der Waals surface area contributed by atoms with Crippen LogP contribution in [0.3, 0.4) is 0 Å². The number of benzene rings is 1. The molecule has 0 aromatic heterocycles. The van der Waals surface area contributed by atoms with E-state index in [9.17, 15) is 19.5 Å². The summed E-state index contributed by atoms with van der Waals surface area (Å²) < 4.78 is 0. The van der Waals surface area contributed by atoms with Gasteiger partial charge in [-0.2, -0.15) is 0 Å². The minimum Gasteiger partial charge on any atom is -0.508 e. The van der Waals surface area contributed by atoms with Gasteiger partial charge in [-0.3, -0.25) is 25.2 Å². The number of carbonyl (C=O) groups is 3. The summed E-state index contributed by atoms with van der Waals surface area (Å²) in [5, 5.41) is 18.4. The highest BCUT2D eigenvalue weighted by molar-refractivity contribution is 6.00. The lowest BCUT2D eigenvalue weighted by atomic mass is 10.2. The Hall–Kier alpha value is -2.57. The first-order valence-corrected chi connectivity index (χ1v) is 5.00. The maximum absolute atomic E-state index is 11.5. The lowest BCUT2D eigenvalue weighted by Gasteiger charge is -2.07. The van der Waals surface area contributed by atoms with Gasteiger partial charge in [0.05, 0.1) is 12.0 Å². The molecule has 0 saturated carbocycles. The molecule has 0 saturated heterocycles. The molecule has 0 spiro atoms. The average Bonchev–Trinajstić information content (AvgIpc) is 2.25. The quantitative estimate of drug-likeness (QED) is 0.440. The first kappa shape index (κ1) is 13.5. The van der Waals surface area contributed by atoms with Crippen LogP contribution in [0.4, 0.5) is 0 Å². The predicted octanol–water partition coefficient (Wildman–Crippen LogP) is -0.162. The monoisotopic (exact) mass is 252 g/mol. The van der Waals surface area contributed by atoms with Crippen LogP contribution >= 0.6 is 0 Å². The van der Waals surface area contributed by atoms with E-state index >= 15 is 0 Å². The topological polar surface area (TPSA) is 116 Å². The summed E-state index contributed by atoms with van der Waals surface area (Å²) in [6, 6.07) is 3.40. The summed E-state index contributed by atoms with van der Waals surface area (Å²) in [5.41, 5.74) is 3.94. The fourth-order valence-electron chi connectivity index (χ4n) is 1.18. The van der Waals surface area contributed by atoms with E-state index in [0.717, 1.165) is 6.07 Å². The third kappa shape index (κ3) is 3.78. The Morgan fingerprint density at radius 2 is 1.83 bits per heavy atom. The van der Waals surface area contributed by atoms with Gasteiger partial charge in [0.1, 0.15) is 17.3 Å². The minimum absolute atomic E-state index is 0.115. The number of Topliss-reactive ketones (excluding diaryl/α,β-unsaturated/α-hetero) is 1. The van der Waals surface area contributed by atoms with E-state index in [2.05, 4.69) is 0 Å². The summed E-state index contributed by atoms with van der Waals surface area (Å²) in [7, 11) is 0. The van der Waals surface area contributed by atoms with Gasteiger partial charge in [-0.25, -0.2) is 0 Å². The Morgan fingerprint density at radius 3 is 2.39 bits per heavy atom. The molecular weight excluding hydrogens is 240 g/mol. The highest BCUT2D eigenvalue weighted by Crippen LogP contribution is 2.21. The fraction of sp³-hybridized carbons (Fsp3) is 0.182. The largest absolute Gasteiger partial charge is 0.508 e. The molecule has 96 valence electrons. The van der Waals surface area contributed by atoms with Gasteiger partial charge in [0.2, 0.25) is 5.91 Å². The van der Waals surface area contributed by atoms with E-state index in [1.54, 1.807) is 0 Å². The molecule has 4 N–H and O–H groups in total. The van der Waals surface area contributed by atoms with Crippen LogP contribution in [0, 0.1) is 0 Å². The molecule has 7 heteroatoms. The maximum atomic E-state index is 11.5. The van der Waals surface area contributed by atoms with Gasteiger partial charge in [-0.1, -0.05) is 0 Å². The first-order chi connectivity index (χ1) is 8.40. The summed E-state index contributed by atoms with van der Waals surface area (Å²) in [6.45, 7) is 1.24. The number of phenols is 2. The smallest absolute Gasteiger partial charge is 0.273 e. The number of rotatable bonds is 3. The van der Waals surface area contributed by atoms with Gasteiger partial charge < -0.3 is 10.2 Å². The summed E-state index contributed by atoms with van der Waals surface area (Å²) in [6.07, 6.45) is -0.345. The molecule has 0 atom stereocenters. The Bertz CT molecular complexity index is 498. The molecule has 1 aromatic carbocycles. The van der Waals surface area contributed by atoms with E-state index < -0.39 is 17.6 Å². The Balaban J connectivity index is 2.60. The number of amides is 2. The standard InChI is InChI=1S/C11H12N2O5/c1-6(14)4-10(17)12-13-11(18)8-3-2-7(15)5-9(8)16/h2-3,5,15-16H,4H2,1H3,(H,12,17)(H,13,18). The van der Waals surface area contributed by atoms with Gasteiger partial charge >= 0.3 is 0 Å². The van der Waals surface area contributed by atoms with Crippen molar-refractivity contribution in [3.05, 3.63) is 23.8 Å². The first-order valence-electron chi connectivity index (χ1n) is 5.00. The van der Waals surface area contributed by atoms with Crippen LogP contribution < -0.4 is 10.9 Å². The molecule has 0 radical (unpaired) electrons. The lowest BCUT2D eigenvalue weighted by Crippen LogP contribution is -2.42. The summed E-state index contributed by atoms with van der Waals surface area (Å²) in [5.74, 6) is -2.37. The predicted molar refractivity (Wildman–Crippen MR) is 60.7 cm³/mol. The average molecular weight is 252 g/mol. The molecule has 7 nitrogen and oxygen atoms in total. The number of phenolic OH excluding ortho intramolecular Hbond substituents is 2. The molecule has 2 amide bonds. The van der Waals surface area contributed by atoms with E-state index in [0.29, 0.717) is 0 Å². The zero-order valence-corrected chi connectivity index (χ0v) is 9.56. The van der Waals surface area contributed by atoms with Crippen LogP contribution in [0.5, 0.6) is 11.5 Å². The number of hydrogen-bond acceptors (Lipinski definition) is 5. The molecule has 0 aliphatic rings. The van der Waals surface area contributed by atoms with E-state index in [1.165, 1.54) is 19.1 Å². The number of carbonyl (C=O) groups excluding carboxylic acids is 3. The van der Waals surface area contributed by atoms with Crippen molar-refractivity contribution in [2.75, 3.05) is 0 Å². The molecule has 1 rings (SSSR count). The van der Waals surface area contributed by atoms with Crippen molar-refractivity contribution in [3.63, 3.8) is 0 Å². The molecular formula is C11H12N2O5. The second kappa shape index (κ2) is 5.67. The van der Waals surface area contributed by atoms with Gasteiger partial charge in [0.15, 0.2) is 0 Å². The second-order valence-electron chi connectivity index (χ2n) is 3.58. The normalized spacial score (nSPS) is 9.61. The van der Waals surface area contributed by atoms with Crippen molar-refractivity contribution < 1.29 is 24.6 Å². The van der Waals surface area contributed by atoms with Crippen LogP contribution in [0.2, 0.25) is 0 Å². The van der Waals surface area contributed by atoms with E-state index in [4.69, 9.17) is 5.11 Å². The third-order valence-corrected chi connectivity index (χ3v) is 1.95. The van der Waals surface area contributed by atoms with Crippen molar-refractivity contribution >= 4 is 17.6 Å². The number of hydrazine groups is 1. The lowest BCUT2D eigenvalue weighted by molar-refractivity contribution is -0.127. The Kier molecular flexibility index (Phi) is 4.25. The zero-order valence-electron chi connectivity index (χ0n) is 9.56. The van der Waals surface area contributed by atoms with Crippen molar-refractivity contribution in [1.82, 2.24) is 10.9 Å². The summed E-state index contributed by atoms with van der Waals surface area (Å²) in [4.78, 5) is 33.2. The van der Waals surface area contributed by atoms with Crippen molar-refractivity contribution in [1.29, 1.82) is 0 Å². The van der Waals surface area contributed by atoms with Gasteiger partial charge in [0, 0.05) is 6.07 Å². The molecule has 0 unspecified atom stereocenters. The Labute approximate surface area is 102 Å². The molecule has 0 bridgehead atoms. The third-order valence-electron chi connectivity index (χ3n) is 1.95. The van der Waals surface area contributed by atoms with Crippen LogP contribution in [-0.4, -0.2) is 27.8 Å². The van der Waals surface area contributed by atoms with Crippen LogP contribution in [0.1, 0.15) is 23.7 Å². The molecule has 0 aliphatic carbocycles. The molecule has 18 heavy (non-hydrogen) atoms. The highest BCUT2D eigenvalue weighted by Gasteiger charge is 2.12. The van der Waals surface area contributed by atoms with Crippen molar-refractivity contribution in [3.8, 4) is 11.5 Å². The van der Waals surface area contributed by atoms with Crippen molar-refractivity contribution in [2.24, 2.45) is 0 Å². The second-order valence-corrected chi connectivity index (χ2v) is 3.58. The molecule has 0 fully saturated rings. The Morgan fingerprint density at radius 1 is 1.17 bits per heavy atom. The van der Waals surface area contributed by atoms with Crippen LogP contribution in [-0.2, 0) is 9.59 Å². The van der Waals surface area contributed by atoms with Crippen LogP contribution in [0.25, 0.3) is 0 Å². The van der Waals surface area contributed by atoms with Crippen molar-refractivity contribution in [2.45, 2.75) is 13.3 Å². The molecule has 0 heterocycles. The highest BCUT2D eigenvalue weighted by atomic mass is 16.3. The van der Waals surface area contributed by atoms with Gasteiger partial charge in [0.25, 0.3) is 5.91 Å². The number of nitrogens with one attached hydrogen (secondary N) is 2. The molecule has 1 aromatic rings. The van der Waals surface area contributed by atoms with E-state index in [1.807, 2.05) is 10.9 Å². The SMILES string of the molecule is CC(=O)CC(=O)NNC(=O)c1ccc(O)cc1O. The van der Waals surface area contributed by atoms with E-state index in [-0.39, 0.29) is 23.5 Å². The number of hydrogen-bond donors (Lipinski definition) is 4. The van der Waals surface area contributed by atoms with Crippen LogP contribution in [0.15, 0.2) is 18.2 Å². The zero-order chi connectivity index (χ0) is 13.7. The summed E-state index contributed by atoms with van der Waals surface area (Å²) >= 11 is 0. The minimum atomic E-state index is -0.760. The maximum Gasteiger partial charge on any atom is 0.273 e. The van der Waals surface area contributed by atoms with Gasteiger partial charge in [-0.05, 0) is 19.1 Å². The fourth-order valence-corrected chi connectivity index (χ4v) is 1.18.